The van der Waals surface area contributed by atoms with E-state index in [4.69, 9.17) is 4.74 Å². The first kappa shape index (κ1) is 16.2. The molecule has 0 radical (unpaired) electrons. The molecule has 19 heavy (non-hydrogen) atoms. The van der Waals surface area contributed by atoms with Crippen LogP contribution in [0.4, 0.5) is 0 Å². The van der Waals surface area contributed by atoms with Crippen molar-refractivity contribution in [2.24, 2.45) is 4.99 Å². The van der Waals surface area contributed by atoms with Crippen LogP contribution >= 0.6 is 0 Å². The molecule has 0 aromatic rings. The maximum atomic E-state index is 12.1. The van der Waals surface area contributed by atoms with Gasteiger partial charge < -0.3 is 15.4 Å². The van der Waals surface area contributed by atoms with Gasteiger partial charge in [-0.3, -0.25) is 4.99 Å². The Labute approximate surface area is 115 Å². The van der Waals surface area contributed by atoms with E-state index >= 15 is 0 Å². The molecule has 7 heteroatoms. The first-order valence-corrected chi connectivity index (χ1v) is 8.44. The third kappa shape index (κ3) is 4.35. The van der Waals surface area contributed by atoms with Crippen LogP contribution in [0.5, 0.6) is 0 Å². The van der Waals surface area contributed by atoms with Crippen molar-refractivity contribution < 1.29 is 13.2 Å². The molecular formula is C12H25N3O3S. The molecule has 0 spiro atoms. The lowest BCUT2D eigenvalue weighted by Crippen LogP contribution is -2.54. The van der Waals surface area contributed by atoms with Crippen LogP contribution in [0, 0.1) is 0 Å². The highest BCUT2D eigenvalue weighted by molar-refractivity contribution is 7.92. The van der Waals surface area contributed by atoms with Crippen LogP contribution < -0.4 is 10.6 Å². The summed E-state index contributed by atoms with van der Waals surface area (Å²) < 4.78 is 28.7. The van der Waals surface area contributed by atoms with E-state index in [-0.39, 0.29) is 6.04 Å². The molecule has 2 N–H and O–H groups in total. The predicted molar refractivity (Wildman–Crippen MR) is 77.3 cm³/mol. The maximum absolute atomic E-state index is 12.1. The predicted octanol–water partition coefficient (Wildman–Crippen LogP) is 0.154. The van der Waals surface area contributed by atoms with E-state index in [0.29, 0.717) is 38.6 Å². The smallest absolute Gasteiger partial charge is 0.191 e. The molecule has 0 aromatic carbocycles. The van der Waals surface area contributed by atoms with Gasteiger partial charge >= 0.3 is 0 Å². The Morgan fingerprint density at radius 3 is 2.37 bits per heavy atom. The summed E-state index contributed by atoms with van der Waals surface area (Å²) in [5.41, 5.74) is 0. The number of aliphatic imine (C=N–C) groups is 1. The van der Waals surface area contributed by atoms with Crippen LogP contribution in [0.15, 0.2) is 4.99 Å². The lowest BCUT2D eigenvalue weighted by atomic mass is 9.99. The molecule has 0 bridgehead atoms. The van der Waals surface area contributed by atoms with Crippen molar-refractivity contribution in [3.63, 3.8) is 0 Å². The number of guanidine groups is 1. The second kappa shape index (κ2) is 6.56. The molecule has 0 atom stereocenters. The Bertz CT molecular complexity index is 412. The summed E-state index contributed by atoms with van der Waals surface area (Å²) >= 11 is 0. The molecule has 1 fully saturated rings. The molecule has 1 heterocycles. The Balaban J connectivity index is 2.74. The summed E-state index contributed by atoms with van der Waals surface area (Å²) in [7, 11) is -1.47. The Morgan fingerprint density at radius 2 is 1.95 bits per heavy atom. The Hall–Kier alpha value is -0.820. The summed E-state index contributed by atoms with van der Waals surface area (Å²) in [6.07, 6.45) is 2.35. The van der Waals surface area contributed by atoms with Crippen molar-refractivity contribution in [2.75, 3.05) is 33.1 Å². The lowest BCUT2D eigenvalue weighted by molar-refractivity contribution is 0.0756. The van der Waals surface area contributed by atoms with Gasteiger partial charge in [-0.2, -0.15) is 0 Å². The van der Waals surface area contributed by atoms with Gasteiger partial charge in [0.2, 0.25) is 0 Å². The highest BCUT2D eigenvalue weighted by atomic mass is 32.2. The minimum Gasteiger partial charge on any atom is -0.381 e. The quantitative estimate of drug-likeness (QED) is 0.569. The number of hydrogen-bond acceptors (Lipinski definition) is 4. The molecule has 1 aliphatic rings. The van der Waals surface area contributed by atoms with E-state index in [9.17, 15) is 8.42 Å². The zero-order valence-corrected chi connectivity index (χ0v) is 13.0. The van der Waals surface area contributed by atoms with E-state index in [1.807, 2.05) is 13.8 Å². The van der Waals surface area contributed by atoms with Gasteiger partial charge in [0.25, 0.3) is 0 Å². The van der Waals surface area contributed by atoms with Crippen LogP contribution in [0.1, 0.15) is 26.7 Å². The molecule has 0 saturated carbocycles. The highest BCUT2D eigenvalue weighted by Gasteiger charge is 2.42. The van der Waals surface area contributed by atoms with Gasteiger partial charge in [-0.05, 0) is 26.7 Å². The van der Waals surface area contributed by atoms with Crippen molar-refractivity contribution in [3.05, 3.63) is 0 Å². The van der Waals surface area contributed by atoms with E-state index in [1.165, 1.54) is 6.26 Å². The summed E-state index contributed by atoms with van der Waals surface area (Å²) in [5, 5.41) is 6.27. The normalized spacial score (nSPS) is 20.4. The van der Waals surface area contributed by atoms with Crippen molar-refractivity contribution in [2.45, 2.75) is 37.5 Å². The monoisotopic (exact) mass is 291 g/mol. The van der Waals surface area contributed by atoms with Gasteiger partial charge in [0.1, 0.15) is 0 Å². The van der Waals surface area contributed by atoms with Crippen LogP contribution in [0.25, 0.3) is 0 Å². The number of nitrogens with one attached hydrogen (secondary N) is 2. The average Bonchev–Trinajstić information content (AvgIpc) is 2.34. The standard InChI is InChI=1S/C12H25N3O3S/c1-10(2)15-11(13-3)14-9-12(19(4,16)17)5-7-18-8-6-12/h10H,5-9H2,1-4H3,(H2,13,14,15). The van der Waals surface area contributed by atoms with E-state index in [1.54, 1.807) is 7.05 Å². The molecule has 0 aliphatic carbocycles. The molecule has 0 aromatic heterocycles. The largest absolute Gasteiger partial charge is 0.381 e. The minimum absolute atomic E-state index is 0.245. The van der Waals surface area contributed by atoms with Gasteiger partial charge in [-0.25, -0.2) is 8.42 Å². The second-order valence-electron chi connectivity index (χ2n) is 5.29. The third-order valence-corrected chi connectivity index (χ3v) is 5.54. The number of nitrogens with zero attached hydrogens (tertiary/aromatic N) is 1. The fraction of sp³-hybridized carbons (Fsp3) is 0.917. The summed E-state index contributed by atoms with van der Waals surface area (Å²) in [6.45, 7) is 5.36. The lowest BCUT2D eigenvalue weighted by Gasteiger charge is -2.36. The van der Waals surface area contributed by atoms with Crippen molar-refractivity contribution in [1.82, 2.24) is 10.6 Å². The van der Waals surface area contributed by atoms with E-state index < -0.39 is 14.6 Å². The molecular weight excluding hydrogens is 266 g/mol. The van der Waals surface area contributed by atoms with Crippen LogP contribution in [-0.2, 0) is 14.6 Å². The second-order valence-corrected chi connectivity index (χ2v) is 7.70. The molecule has 6 nitrogen and oxygen atoms in total. The number of sulfone groups is 1. The van der Waals surface area contributed by atoms with Gasteiger partial charge in [0.15, 0.2) is 15.8 Å². The number of rotatable bonds is 4. The molecule has 0 amide bonds. The van der Waals surface area contributed by atoms with Gasteiger partial charge in [-0.1, -0.05) is 0 Å². The van der Waals surface area contributed by atoms with Crippen molar-refractivity contribution >= 4 is 15.8 Å². The summed E-state index contributed by atoms with van der Waals surface area (Å²) in [6, 6.07) is 0.245. The van der Waals surface area contributed by atoms with Gasteiger partial charge in [0.05, 0.1) is 4.75 Å². The van der Waals surface area contributed by atoms with Crippen molar-refractivity contribution in [1.29, 1.82) is 0 Å². The first-order valence-electron chi connectivity index (χ1n) is 6.55. The molecule has 1 saturated heterocycles. The van der Waals surface area contributed by atoms with Crippen LogP contribution in [0.2, 0.25) is 0 Å². The fourth-order valence-corrected chi connectivity index (χ4v) is 3.38. The SMILES string of the molecule is CN=C(NCC1(S(C)(=O)=O)CCOCC1)NC(C)C. The molecule has 0 unspecified atom stereocenters. The molecule has 1 rings (SSSR count). The Kier molecular flexibility index (Phi) is 5.61. The third-order valence-electron chi connectivity index (χ3n) is 3.42. The number of hydrogen-bond donors (Lipinski definition) is 2. The average molecular weight is 291 g/mol. The van der Waals surface area contributed by atoms with Crippen LogP contribution in [0.3, 0.4) is 0 Å². The summed E-state index contributed by atoms with van der Waals surface area (Å²) in [5.74, 6) is 0.629. The van der Waals surface area contributed by atoms with E-state index in [0.717, 1.165) is 0 Å². The zero-order valence-electron chi connectivity index (χ0n) is 12.2. The molecule has 112 valence electrons. The highest BCUT2D eigenvalue weighted by Crippen LogP contribution is 2.28. The fourth-order valence-electron chi connectivity index (χ4n) is 2.13. The maximum Gasteiger partial charge on any atom is 0.191 e. The van der Waals surface area contributed by atoms with Gasteiger partial charge in [-0.15, -0.1) is 0 Å². The summed E-state index contributed by atoms with van der Waals surface area (Å²) in [4.78, 5) is 4.09. The number of ether oxygens (including phenoxy) is 1. The van der Waals surface area contributed by atoms with Gasteiger partial charge in [0, 0.05) is 39.1 Å². The zero-order chi connectivity index (χ0) is 14.5. The van der Waals surface area contributed by atoms with Crippen LogP contribution in [-0.4, -0.2) is 58.2 Å². The minimum atomic E-state index is -3.15. The Morgan fingerprint density at radius 1 is 1.37 bits per heavy atom. The first-order chi connectivity index (χ1) is 8.81. The topological polar surface area (TPSA) is 79.8 Å². The van der Waals surface area contributed by atoms with Crippen molar-refractivity contribution in [3.8, 4) is 0 Å². The van der Waals surface area contributed by atoms with E-state index in [2.05, 4.69) is 15.6 Å². The molecule has 1 aliphatic heterocycles.